The molecule has 1 atom stereocenters. The van der Waals surface area contributed by atoms with E-state index < -0.39 is 0 Å². The summed E-state index contributed by atoms with van der Waals surface area (Å²) >= 11 is 0. The van der Waals surface area contributed by atoms with Crippen molar-refractivity contribution in [1.29, 1.82) is 0 Å². The van der Waals surface area contributed by atoms with E-state index in [2.05, 4.69) is 18.6 Å². The van der Waals surface area contributed by atoms with Gasteiger partial charge in [0.1, 0.15) is 0 Å². The molecule has 3 heteroatoms. The summed E-state index contributed by atoms with van der Waals surface area (Å²) in [6.45, 7) is 4.24. The zero-order valence-corrected chi connectivity index (χ0v) is 6.29. The van der Waals surface area contributed by atoms with Crippen LogP contribution < -0.4 is 0 Å². The average molecular weight is 144 g/mol. The van der Waals surface area contributed by atoms with Gasteiger partial charge in [0.25, 0.3) is 0 Å². The van der Waals surface area contributed by atoms with Crippen LogP contribution in [0.5, 0.6) is 0 Å². The fraction of sp³-hybridized carbons (Fsp3) is 0.857. The summed E-state index contributed by atoms with van der Waals surface area (Å²) in [6, 6.07) is 0. The van der Waals surface area contributed by atoms with Crippen LogP contribution in [-0.4, -0.2) is 18.9 Å². The quantitative estimate of drug-likeness (QED) is 0.541. The van der Waals surface area contributed by atoms with Crippen molar-refractivity contribution >= 4 is 5.97 Å². The van der Waals surface area contributed by atoms with Gasteiger partial charge in [0.05, 0.1) is 0 Å². The van der Waals surface area contributed by atoms with Crippen molar-refractivity contribution in [3.63, 3.8) is 0 Å². The molecule has 0 aromatic heterocycles. The Morgan fingerprint density at radius 3 is 2.80 bits per heavy atom. The molecular formula is C7H12O3. The van der Waals surface area contributed by atoms with E-state index in [1.807, 2.05) is 0 Å². The third-order valence-corrected chi connectivity index (χ3v) is 1.42. The van der Waals surface area contributed by atoms with Crippen molar-refractivity contribution in [2.75, 3.05) is 6.79 Å². The number of ether oxygens (including phenoxy) is 2. The summed E-state index contributed by atoms with van der Waals surface area (Å²) in [5.41, 5.74) is 0. The summed E-state index contributed by atoms with van der Waals surface area (Å²) in [5, 5.41) is 0. The molecule has 0 bridgehead atoms. The van der Waals surface area contributed by atoms with Gasteiger partial charge in [-0.2, -0.15) is 0 Å². The second-order valence-electron chi connectivity index (χ2n) is 2.87. The van der Waals surface area contributed by atoms with Crippen LogP contribution in [0.15, 0.2) is 0 Å². The Hall–Kier alpha value is -0.570. The lowest BCUT2D eigenvalue weighted by atomic mass is 10.1. The Bertz CT molecular complexity index is 131. The molecule has 0 aliphatic carbocycles. The molecule has 0 unspecified atom stereocenters. The molecule has 1 aliphatic heterocycles. The van der Waals surface area contributed by atoms with Gasteiger partial charge >= 0.3 is 5.97 Å². The average Bonchev–Trinajstić information content (AvgIpc) is 2.15. The molecule has 0 N–H and O–H groups in total. The number of carbonyl (C=O) groups excluding carboxylic acids is 1. The van der Waals surface area contributed by atoms with E-state index in [0.29, 0.717) is 5.92 Å². The number of esters is 1. The fourth-order valence-corrected chi connectivity index (χ4v) is 0.928. The molecule has 1 fully saturated rings. The van der Waals surface area contributed by atoms with Crippen LogP contribution in [0.4, 0.5) is 0 Å². The van der Waals surface area contributed by atoms with E-state index in [4.69, 9.17) is 4.74 Å². The maximum atomic E-state index is 10.8. The topological polar surface area (TPSA) is 35.5 Å². The minimum atomic E-state index is -0.306. The minimum Gasteiger partial charge on any atom is -0.437 e. The van der Waals surface area contributed by atoms with Crippen LogP contribution in [0.2, 0.25) is 0 Å². The van der Waals surface area contributed by atoms with E-state index in [9.17, 15) is 4.79 Å². The molecule has 0 radical (unpaired) electrons. The maximum absolute atomic E-state index is 10.8. The third kappa shape index (κ3) is 1.70. The first-order valence-corrected chi connectivity index (χ1v) is 3.48. The lowest BCUT2D eigenvalue weighted by Gasteiger charge is -2.06. The van der Waals surface area contributed by atoms with Crippen molar-refractivity contribution in [2.45, 2.75) is 26.4 Å². The van der Waals surface area contributed by atoms with Crippen LogP contribution in [0.3, 0.4) is 0 Å². The summed E-state index contributed by atoms with van der Waals surface area (Å²) in [7, 11) is 0. The summed E-state index contributed by atoms with van der Waals surface area (Å²) < 4.78 is 9.61. The molecule has 10 heavy (non-hydrogen) atoms. The van der Waals surface area contributed by atoms with Crippen molar-refractivity contribution in [1.82, 2.24) is 0 Å². The summed E-state index contributed by atoms with van der Waals surface area (Å²) in [5.74, 6) is 0.268. The molecule has 3 nitrogen and oxygen atoms in total. The van der Waals surface area contributed by atoms with Crippen molar-refractivity contribution in [2.24, 2.45) is 5.92 Å². The van der Waals surface area contributed by atoms with Crippen LogP contribution in [-0.2, 0) is 14.3 Å². The van der Waals surface area contributed by atoms with Crippen LogP contribution in [0.25, 0.3) is 0 Å². The largest absolute Gasteiger partial charge is 0.437 e. The zero-order chi connectivity index (χ0) is 7.56. The van der Waals surface area contributed by atoms with Gasteiger partial charge in [-0.15, -0.1) is 0 Å². The Kier molecular flexibility index (Phi) is 2.27. The van der Waals surface area contributed by atoms with Gasteiger partial charge in [0.2, 0.25) is 0 Å². The van der Waals surface area contributed by atoms with E-state index >= 15 is 0 Å². The summed E-state index contributed by atoms with van der Waals surface area (Å²) in [4.78, 5) is 10.8. The minimum absolute atomic E-state index is 0.135. The Balaban J connectivity index is 2.33. The van der Waals surface area contributed by atoms with E-state index in [0.717, 1.165) is 6.42 Å². The highest BCUT2D eigenvalue weighted by molar-refractivity contribution is 5.75. The van der Waals surface area contributed by atoms with Gasteiger partial charge in [0, 0.05) is 0 Å². The number of rotatable bonds is 2. The van der Waals surface area contributed by atoms with Crippen molar-refractivity contribution in [3.05, 3.63) is 0 Å². The first-order valence-electron chi connectivity index (χ1n) is 3.48. The standard InChI is InChI=1S/C7H12O3/c1-5(2)3-6-7(8)10-4-9-6/h5-6H,3-4H2,1-2H3/t6-/m0/s1. The lowest BCUT2D eigenvalue weighted by Crippen LogP contribution is -2.18. The van der Waals surface area contributed by atoms with E-state index in [1.54, 1.807) is 0 Å². The highest BCUT2D eigenvalue weighted by Gasteiger charge is 2.27. The lowest BCUT2D eigenvalue weighted by molar-refractivity contribution is -0.139. The molecule has 0 aromatic rings. The first-order chi connectivity index (χ1) is 4.70. The molecule has 1 rings (SSSR count). The second kappa shape index (κ2) is 3.01. The summed E-state index contributed by atoms with van der Waals surface area (Å²) in [6.07, 6.45) is 0.457. The molecule has 1 heterocycles. The van der Waals surface area contributed by atoms with Gasteiger partial charge in [0.15, 0.2) is 12.9 Å². The number of carbonyl (C=O) groups is 1. The van der Waals surface area contributed by atoms with Gasteiger partial charge in [-0.3, -0.25) is 0 Å². The molecule has 1 saturated heterocycles. The molecule has 0 amide bonds. The molecular weight excluding hydrogens is 132 g/mol. The second-order valence-corrected chi connectivity index (χ2v) is 2.87. The number of cyclic esters (lactones) is 1. The Morgan fingerprint density at radius 2 is 2.40 bits per heavy atom. The Morgan fingerprint density at radius 1 is 1.70 bits per heavy atom. The highest BCUT2D eigenvalue weighted by atomic mass is 16.7. The number of hydrogen-bond acceptors (Lipinski definition) is 3. The SMILES string of the molecule is CC(C)C[C@@H]1OCOC1=O. The third-order valence-electron chi connectivity index (χ3n) is 1.42. The van der Waals surface area contributed by atoms with Gasteiger partial charge < -0.3 is 9.47 Å². The normalized spacial score (nSPS) is 25.5. The first kappa shape index (κ1) is 7.54. The monoisotopic (exact) mass is 144 g/mol. The fourth-order valence-electron chi connectivity index (χ4n) is 0.928. The van der Waals surface area contributed by atoms with Gasteiger partial charge in [-0.05, 0) is 12.3 Å². The van der Waals surface area contributed by atoms with E-state index in [1.165, 1.54) is 0 Å². The van der Waals surface area contributed by atoms with Gasteiger partial charge in [-0.1, -0.05) is 13.8 Å². The van der Waals surface area contributed by atoms with Crippen molar-refractivity contribution in [3.8, 4) is 0 Å². The molecule has 0 saturated carbocycles. The Labute approximate surface area is 60.3 Å². The van der Waals surface area contributed by atoms with Crippen LogP contribution >= 0.6 is 0 Å². The highest BCUT2D eigenvalue weighted by Crippen LogP contribution is 2.14. The predicted octanol–water partition coefficient (Wildman–Crippen LogP) is 0.932. The zero-order valence-electron chi connectivity index (χ0n) is 6.29. The molecule has 58 valence electrons. The smallest absolute Gasteiger partial charge is 0.337 e. The molecule has 1 aliphatic rings. The maximum Gasteiger partial charge on any atom is 0.337 e. The predicted molar refractivity (Wildman–Crippen MR) is 35.3 cm³/mol. The van der Waals surface area contributed by atoms with Crippen molar-refractivity contribution < 1.29 is 14.3 Å². The van der Waals surface area contributed by atoms with Crippen LogP contribution in [0.1, 0.15) is 20.3 Å². The van der Waals surface area contributed by atoms with Gasteiger partial charge in [-0.25, -0.2) is 4.79 Å². The number of hydrogen-bond donors (Lipinski definition) is 0. The molecule has 0 spiro atoms. The van der Waals surface area contributed by atoms with Crippen LogP contribution in [0, 0.1) is 5.92 Å². The molecule has 0 aromatic carbocycles. The van der Waals surface area contributed by atoms with E-state index in [-0.39, 0.29) is 18.9 Å².